The third-order valence-corrected chi connectivity index (χ3v) is 8.40. The summed E-state index contributed by atoms with van der Waals surface area (Å²) < 4.78 is 54.8. The summed E-state index contributed by atoms with van der Waals surface area (Å²) in [5.74, 6) is -2.82. The van der Waals surface area contributed by atoms with Crippen molar-refractivity contribution in [3.05, 3.63) is 30.4 Å². The van der Waals surface area contributed by atoms with E-state index in [9.17, 15) is 22.0 Å². The zero-order valence-electron chi connectivity index (χ0n) is 22.0. The maximum atomic E-state index is 14.7. The first-order valence-corrected chi connectivity index (χ1v) is 14.9. The Hall–Kier alpha value is -4.06. The molecule has 5 heterocycles. The van der Waals surface area contributed by atoms with Gasteiger partial charge >= 0.3 is 0 Å². The molecule has 2 saturated heterocycles. The fraction of sp³-hybridized carbons (Fsp3) is 0.522. The smallest absolute Gasteiger partial charge is 0.267 e. The monoisotopic (exact) mass is 590 g/mol. The van der Waals surface area contributed by atoms with Crippen molar-refractivity contribution in [1.29, 1.82) is 0 Å². The Kier molecular flexibility index (Phi) is 6.88. The quantitative estimate of drug-likeness (QED) is 0.339. The van der Waals surface area contributed by atoms with Crippen molar-refractivity contribution in [2.24, 2.45) is 0 Å². The standard InChI is InChI=1S/C23H28F2N12O3S/c1-41(39,40)36-8-6-35(7-9-36)21-30-20(29-17-10-15(33-34-17)14-2-3-14)31-22(32-21)37-13-23(24,25)11-16(37)19(38)28-18-12-26-4-5-27-18/h4-5,10,12,14,16H,2-3,6-9,11,13H2,1H3,(H,27,28,38)(H2,29,30,31,32,33,34). The molecule has 1 amide bonds. The Balaban J connectivity index is 1.31. The minimum atomic E-state index is -3.37. The molecule has 0 radical (unpaired) electrons. The number of piperazine rings is 1. The highest BCUT2D eigenvalue weighted by atomic mass is 32.2. The van der Waals surface area contributed by atoms with E-state index >= 15 is 0 Å². The number of nitrogens with one attached hydrogen (secondary N) is 3. The molecule has 0 bridgehead atoms. The normalized spacial score (nSPS) is 21.2. The zero-order chi connectivity index (χ0) is 28.8. The van der Waals surface area contributed by atoms with Crippen LogP contribution in [0.15, 0.2) is 24.7 Å². The van der Waals surface area contributed by atoms with E-state index in [0.717, 1.165) is 29.7 Å². The molecular weight excluding hydrogens is 562 g/mol. The molecule has 0 spiro atoms. The number of nitrogens with zero attached hydrogens (tertiary/aromatic N) is 9. The van der Waals surface area contributed by atoms with Gasteiger partial charge in [0.2, 0.25) is 33.8 Å². The summed E-state index contributed by atoms with van der Waals surface area (Å²) in [5, 5.41) is 12.8. The highest BCUT2D eigenvalue weighted by Gasteiger charge is 2.49. The highest BCUT2D eigenvalue weighted by Crippen LogP contribution is 2.40. The van der Waals surface area contributed by atoms with Gasteiger partial charge in [0.25, 0.3) is 5.92 Å². The van der Waals surface area contributed by atoms with Crippen LogP contribution in [0.3, 0.4) is 0 Å². The van der Waals surface area contributed by atoms with Gasteiger partial charge in [0, 0.05) is 62.7 Å². The number of aromatic amines is 1. The number of sulfonamides is 1. The molecule has 1 aliphatic carbocycles. The minimum absolute atomic E-state index is 0.0488. The van der Waals surface area contributed by atoms with E-state index in [1.54, 1.807) is 4.90 Å². The Morgan fingerprint density at radius 3 is 2.51 bits per heavy atom. The van der Waals surface area contributed by atoms with E-state index in [2.05, 4.69) is 45.8 Å². The van der Waals surface area contributed by atoms with Gasteiger partial charge < -0.3 is 20.4 Å². The molecular formula is C23H28F2N12O3S. The van der Waals surface area contributed by atoms with Crippen LogP contribution in [0.4, 0.5) is 38.3 Å². The molecule has 6 rings (SSSR count). The number of aromatic nitrogens is 7. The Morgan fingerprint density at radius 2 is 1.83 bits per heavy atom. The van der Waals surface area contributed by atoms with Crippen LogP contribution < -0.4 is 20.4 Å². The second-order valence-corrected chi connectivity index (χ2v) is 12.3. The van der Waals surface area contributed by atoms with Crippen LogP contribution in [0, 0.1) is 0 Å². The maximum absolute atomic E-state index is 14.7. The molecule has 18 heteroatoms. The van der Waals surface area contributed by atoms with Gasteiger partial charge in [-0.25, -0.2) is 22.2 Å². The fourth-order valence-corrected chi connectivity index (χ4v) is 5.68. The average Bonchev–Trinajstić information content (AvgIpc) is 3.59. The number of amides is 1. The topological polar surface area (TPSA) is 178 Å². The predicted molar refractivity (Wildman–Crippen MR) is 144 cm³/mol. The largest absolute Gasteiger partial charge is 0.338 e. The Morgan fingerprint density at radius 1 is 1.07 bits per heavy atom. The molecule has 3 fully saturated rings. The van der Waals surface area contributed by atoms with Crippen molar-refractivity contribution in [2.45, 2.75) is 37.1 Å². The SMILES string of the molecule is CS(=O)(=O)N1CCN(c2nc(Nc3cc(C4CC4)[nH]n3)nc(N3CC(F)(F)CC3C(=O)Nc3cnccn3)n2)CC1. The molecule has 1 unspecified atom stereocenters. The summed E-state index contributed by atoms with van der Waals surface area (Å²) >= 11 is 0. The van der Waals surface area contributed by atoms with Crippen LogP contribution in [0.25, 0.3) is 0 Å². The molecule has 1 atom stereocenters. The Labute approximate surface area is 233 Å². The number of carbonyl (C=O) groups excluding carboxylic acids is 1. The number of H-pyrrole nitrogens is 1. The first-order valence-electron chi connectivity index (χ1n) is 13.0. The zero-order valence-corrected chi connectivity index (χ0v) is 22.9. The average molecular weight is 591 g/mol. The van der Waals surface area contributed by atoms with Gasteiger partial charge in [-0.15, -0.1) is 0 Å². The van der Waals surface area contributed by atoms with E-state index in [1.807, 2.05) is 6.07 Å². The first kappa shape index (κ1) is 27.1. The number of carbonyl (C=O) groups is 1. The van der Waals surface area contributed by atoms with E-state index < -0.39 is 40.9 Å². The van der Waals surface area contributed by atoms with E-state index in [1.165, 1.54) is 22.9 Å². The van der Waals surface area contributed by atoms with Crippen LogP contribution >= 0.6 is 0 Å². The number of hydrogen-bond donors (Lipinski definition) is 3. The lowest BCUT2D eigenvalue weighted by molar-refractivity contribution is -0.118. The fourth-order valence-electron chi connectivity index (χ4n) is 4.85. The lowest BCUT2D eigenvalue weighted by Crippen LogP contribution is -2.49. The van der Waals surface area contributed by atoms with E-state index in [-0.39, 0.29) is 49.8 Å². The number of alkyl halides is 2. The van der Waals surface area contributed by atoms with Crippen molar-refractivity contribution in [3.8, 4) is 0 Å². The summed E-state index contributed by atoms with van der Waals surface area (Å²) in [6, 6.07) is 0.538. The van der Waals surface area contributed by atoms with Crippen molar-refractivity contribution < 1.29 is 22.0 Å². The van der Waals surface area contributed by atoms with Crippen molar-refractivity contribution in [2.75, 3.05) is 59.4 Å². The molecule has 1 saturated carbocycles. The third kappa shape index (κ3) is 6.17. The second-order valence-electron chi connectivity index (χ2n) is 10.3. The summed E-state index contributed by atoms with van der Waals surface area (Å²) in [7, 11) is -3.37. The molecule has 0 aromatic carbocycles. The number of halogens is 2. The molecule has 41 heavy (non-hydrogen) atoms. The van der Waals surface area contributed by atoms with Crippen LogP contribution in [-0.4, -0.2) is 105 Å². The predicted octanol–water partition coefficient (Wildman–Crippen LogP) is 0.940. The Bertz CT molecular complexity index is 1530. The number of rotatable bonds is 8. The highest BCUT2D eigenvalue weighted by molar-refractivity contribution is 7.88. The van der Waals surface area contributed by atoms with E-state index in [4.69, 9.17) is 0 Å². The maximum Gasteiger partial charge on any atom is 0.267 e. The second kappa shape index (κ2) is 10.4. The lowest BCUT2D eigenvalue weighted by atomic mass is 10.2. The molecule has 3 aromatic rings. The van der Waals surface area contributed by atoms with Gasteiger partial charge in [-0.05, 0) is 12.8 Å². The van der Waals surface area contributed by atoms with Crippen LogP contribution in [0.2, 0.25) is 0 Å². The summed E-state index contributed by atoms with van der Waals surface area (Å²) in [6.45, 7) is 0.174. The van der Waals surface area contributed by atoms with Gasteiger partial charge in [-0.2, -0.15) is 24.4 Å². The van der Waals surface area contributed by atoms with Crippen molar-refractivity contribution in [1.82, 2.24) is 39.4 Å². The minimum Gasteiger partial charge on any atom is -0.338 e. The molecule has 15 nitrogen and oxygen atoms in total. The molecule has 2 aliphatic heterocycles. The molecule has 3 aromatic heterocycles. The van der Waals surface area contributed by atoms with Gasteiger partial charge in [0.1, 0.15) is 6.04 Å². The van der Waals surface area contributed by atoms with Gasteiger partial charge in [0.15, 0.2) is 11.6 Å². The van der Waals surface area contributed by atoms with Crippen molar-refractivity contribution in [3.63, 3.8) is 0 Å². The molecule has 3 aliphatic rings. The first-order chi connectivity index (χ1) is 19.5. The molecule has 218 valence electrons. The van der Waals surface area contributed by atoms with Crippen LogP contribution in [0.1, 0.15) is 30.9 Å². The van der Waals surface area contributed by atoms with Gasteiger partial charge in [0.05, 0.1) is 19.0 Å². The van der Waals surface area contributed by atoms with Crippen LogP contribution in [-0.2, 0) is 14.8 Å². The molecule has 3 N–H and O–H groups in total. The van der Waals surface area contributed by atoms with Crippen LogP contribution in [0.5, 0.6) is 0 Å². The van der Waals surface area contributed by atoms with Gasteiger partial charge in [-0.1, -0.05) is 0 Å². The lowest BCUT2D eigenvalue weighted by Gasteiger charge is -2.33. The van der Waals surface area contributed by atoms with Gasteiger partial charge in [-0.3, -0.25) is 14.9 Å². The summed E-state index contributed by atoms with van der Waals surface area (Å²) in [6.07, 6.45) is 6.65. The van der Waals surface area contributed by atoms with Crippen molar-refractivity contribution >= 4 is 45.4 Å². The van der Waals surface area contributed by atoms with E-state index in [0.29, 0.717) is 11.7 Å². The number of anilines is 5. The number of hydrogen-bond acceptors (Lipinski definition) is 12. The summed E-state index contributed by atoms with van der Waals surface area (Å²) in [5.41, 5.74) is 0.971. The third-order valence-electron chi connectivity index (χ3n) is 7.10. The summed E-state index contributed by atoms with van der Waals surface area (Å²) in [4.78, 5) is 37.3.